The number of rotatable bonds is 10. The maximum absolute atomic E-state index is 6.04. The van der Waals surface area contributed by atoms with Crippen LogP contribution >= 0.6 is 34.8 Å². The van der Waals surface area contributed by atoms with E-state index in [2.05, 4.69) is 12.2 Å². The number of hydrogen-bond acceptors (Lipinski definition) is 2. The third-order valence-electron chi connectivity index (χ3n) is 2.91. The van der Waals surface area contributed by atoms with E-state index in [1.807, 2.05) is 0 Å². The SMILES string of the molecule is CCCNCCCCCCOc1cc(Cl)c(Cl)cc1Cl. The van der Waals surface area contributed by atoms with Crippen LogP contribution in [0.4, 0.5) is 0 Å². The monoisotopic (exact) mass is 337 g/mol. The van der Waals surface area contributed by atoms with Crippen LogP contribution in [0.25, 0.3) is 0 Å². The van der Waals surface area contributed by atoms with Crippen LogP contribution in [0.3, 0.4) is 0 Å². The average Bonchev–Trinajstić information content (AvgIpc) is 2.42. The molecule has 114 valence electrons. The molecule has 0 aliphatic carbocycles. The van der Waals surface area contributed by atoms with E-state index in [9.17, 15) is 0 Å². The third kappa shape index (κ3) is 7.03. The van der Waals surface area contributed by atoms with Crippen LogP contribution in [0.5, 0.6) is 5.75 Å². The van der Waals surface area contributed by atoms with Crippen molar-refractivity contribution in [2.45, 2.75) is 39.0 Å². The molecule has 0 spiro atoms. The Labute approximate surface area is 136 Å². The zero-order valence-electron chi connectivity index (χ0n) is 11.9. The summed E-state index contributed by atoms with van der Waals surface area (Å²) >= 11 is 17.8. The highest BCUT2D eigenvalue weighted by Crippen LogP contribution is 2.33. The topological polar surface area (TPSA) is 21.3 Å². The smallest absolute Gasteiger partial charge is 0.139 e. The van der Waals surface area contributed by atoms with Gasteiger partial charge in [0.2, 0.25) is 0 Å². The number of benzene rings is 1. The van der Waals surface area contributed by atoms with Crippen molar-refractivity contribution in [1.29, 1.82) is 0 Å². The molecule has 0 aliphatic rings. The summed E-state index contributed by atoms with van der Waals surface area (Å²) in [6, 6.07) is 3.28. The van der Waals surface area contributed by atoms with Crippen molar-refractivity contribution in [3.63, 3.8) is 0 Å². The standard InChI is InChI=1S/C15H22Cl3NO/c1-2-7-19-8-5-3-4-6-9-20-15-11-13(17)12(16)10-14(15)18/h10-11,19H,2-9H2,1H3. The van der Waals surface area contributed by atoms with E-state index in [0.717, 1.165) is 25.9 Å². The van der Waals surface area contributed by atoms with Crippen molar-refractivity contribution in [2.75, 3.05) is 19.7 Å². The molecule has 1 N–H and O–H groups in total. The Bertz CT molecular complexity index is 399. The second-order valence-electron chi connectivity index (χ2n) is 4.71. The Morgan fingerprint density at radius 1 is 0.900 bits per heavy atom. The lowest BCUT2D eigenvalue weighted by Crippen LogP contribution is -2.15. The van der Waals surface area contributed by atoms with E-state index in [-0.39, 0.29) is 0 Å². The number of nitrogens with one attached hydrogen (secondary N) is 1. The van der Waals surface area contributed by atoms with E-state index >= 15 is 0 Å². The normalized spacial score (nSPS) is 10.8. The summed E-state index contributed by atoms with van der Waals surface area (Å²) in [5.41, 5.74) is 0. The minimum absolute atomic E-state index is 0.448. The first-order valence-electron chi connectivity index (χ1n) is 7.13. The summed E-state index contributed by atoms with van der Waals surface area (Å²) in [6.07, 6.45) is 5.80. The molecule has 20 heavy (non-hydrogen) atoms. The molecule has 0 aromatic heterocycles. The molecule has 0 atom stereocenters. The van der Waals surface area contributed by atoms with Gasteiger partial charge in [-0.3, -0.25) is 0 Å². The van der Waals surface area contributed by atoms with Gasteiger partial charge >= 0.3 is 0 Å². The molecule has 0 aliphatic heterocycles. The highest BCUT2D eigenvalue weighted by atomic mass is 35.5. The highest BCUT2D eigenvalue weighted by Gasteiger charge is 2.06. The van der Waals surface area contributed by atoms with Crippen molar-refractivity contribution in [1.82, 2.24) is 5.32 Å². The first kappa shape index (κ1) is 17.9. The van der Waals surface area contributed by atoms with Gasteiger partial charge in [-0.05, 0) is 38.4 Å². The van der Waals surface area contributed by atoms with Crippen molar-refractivity contribution < 1.29 is 4.74 Å². The van der Waals surface area contributed by atoms with E-state index in [1.165, 1.54) is 19.3 Å². The predicted molar refractivity (Wildman–Crippen MR) is 88.6 cm³/mol. The lowest BCUT2D eigenvalue weighted by Gasteiger charge is -2.09. The van der Waals surface area contributed by atoms with Gasteiger partial charge in [0.05, 0.1) is 21.7 Å². The maximum atomic E-state index is 6.04. The Kier molecular flexibility index (Phi) is 9.45. The molecule has 5 heteroatoms. The zero-order valence-corrected chi connectivity index (χ0v) is 14.1. The van der Waals surface area contributed by atoms with Gasteiger partial charge in [-0.1, -0.05) is 54.6 Å². The van der Waals surface area contributed by atoms with Crippen molar-refractivity contribution in [3.05, 3.63) is 27.2 Å². The number of unbranched alkanes of at least 4 members (excludes halogenated alkanes) is 3. The molecule has 0 heterocycles. The molecule has 0 unspecified atom stereocenters. The van der Waals surface area contributed by atoms with Gasteiger partial charge in [0, 0.05) is 6.07 Å². The number of ether oxygens (including phenoxy) is 1. The molecule has 0 fully saturated rings. The summed E-state index contributed by atoms with van der Waals surface area (Å²) in [6.45, 7) is 5.05. The van der Waals surface area contributed by atoms with Gasteiger partial charge in [0.25, 0.3) is 0 Å². The van der Waals surface area contributed by atoms with Gasteiger partial charge in [0.1, 0.15) is 5.75 Å². The largest absolute Gasteiger partial charge is 0.492 e. The number of halogens is 3. The second kappa shape index (κ2) is 10.6. The van der Waals surface area contributed by atoms with Gasteiger partial charge in [-0.25, -0.2) is 0 Å². The molecule has 0 saturated heterocycles. The van der Waals surface area contributed by atoms with Crippen LogP contribution in [-0.4, -0.2) is 19.7 Å². The minimum atomic E-state index is 0.448. The molecule has 1 aromatic rings. The Balaban J connectivity index is 2.11. The van der Waals surface area contributed by atoms with Crippen LogP contribution < -0.4 is 10.1 Å². The van der Waals surface area contributed by atoms with Crippen LogP contribution in [0.2, 0.25) is 15.1 Å². The molecule has 0 radical (unpaired) electrons. The second-order valence-corrected chi connectivity index (χ2v) is 5.93. The molecule has 0 amide bonds. The summed E-state index contributed by atoms with van der Waals surface area (Å²) in [5.74, 6) is 0.602. The van der Waals surface area contributed by atoms with E-state index in [4.69, 9.17) is 39.5 Å². The molecule has 2 nitrogen and oxygen atoms in total. The predicted octanol–water partition coefficient (Wildman–Crippen LogP) is 5.59. The quantitative estimate of drug-likeness (QED) is 0.444. The van der Waals surface area contributed by atoms with Crippen molar-refractivity contribution >= 4 is 34.8 Å². The van der Waals surface area contributed by atoms with Crippen LogP contribution in [0, 0.1) is 0 Å². The first-order valence-corrected chi connectivity index (χ1v) is 8.26. The van der Waals surface area contributed by atoms with Gasteiger partial charge in [-0.15, -0.1) is 0 Å². The highest BCUT2D eigenvalue weighted by molar-refractivity contribution is 6.43. The van der Waals surface area contributed by atoms with Crippen molar-refractivity contribution in [2.24, 2.45) is 0 Å². The summed E-state index contributed by atoms with van der Waals surface area (Å²) in [4.78, 5) is 0. The van der Waals surface area contributed by atoms with Crippen LogP contribution in [0.1, 0.15) is 39.0 Å². The number of hydrogen-bond donors (Lipinski definition) is 1. The van der Waals surface area contributed by atoms with Gasteiger partial charge < -0.3 is 10.1 Å². The van der Waals surface area contributed by atoms with Crippen LogP contribution in [-0.2, 0) is 0 Å². The summed E-state index contributed by atoms with van der Waals surface area (Å²) in [5, 5.41) is 4.81. The minimum Gasteiger partial charge on any atom is -0.492 e. The summed E-state index contributed by atoms with van der Waals surface area (Å²) in [7, 11) is 0. The fourth-order valence-corrected chi connectivity index (χ4v) is 2.40. The molecule has 0 saturated carbocycles. The molecule has 1 aromatic carbocycles. The Morgan fingerprint density at radius 3 is 2.35 bits per heavy atom. The lowest BCUT2D eigenvalue weighted by atomic mass is 10.2. The van der Waals surface area contributed by atoms with E-state index in [0.29, 0.717) is 27.4 Å². The van der Waals surface area contributed by atoms with E-state index < -0.39 is 0 Å². The van der Waals surface area contributed by atoms with Gasteiger partial charge in [0.15, 0.2) is 0 Å². The lowest BCUT2D eigenvalue weighted by molar-refractivity contribution is 0.304. The molecular formula is C15H22Cl3NO. The third-order valence-corrected chi connectivity index (χ3v) is 3.92. The van der Waals surface area contributed by atoms with Crippen molar-refractivity contribution in [3.8, 4) is 5.75 Å². The fraction of sp³-hybridized carbons (Fsp3) is 0.600. The molecule has 1 rings (SSSR count). The zero-order chi connectivity index (χ0) is 14.8. The average molecular weight is 339 g/mol. The van der Waals surface area contributed by atoms with Gasteiger partial charge in [-0.2, -0.15) is 0 Å². The maximum Gasteiger partial charge on any atom is 0.139 e. The Morgan fingerprint density at radius 2 is 1.60 bits per heavy atom. The Hall–Kier alpha value is -0.150. The summed E-state index contributed by atoms with van der Waals surface area (Å²) < 4.78 is 5.63. The van der Waals surface area contributed by atoms with Crippen LogP contribution in [0.15, 0.2) is 12.1 Å². The first-order chi connectivity index (χ1) is 9.65. The van der Waals surface area contributed by atoms with E-state index in [1.54, 1.807) is 12.1 Å². The molecule has 0 bridgehead atoms. The molecular weight excluding hydrogens is 317 g/mol. The fourth-order valence-electron chi connectivity index (χ4n) is 1.80.